The van der Waals surface area contributed by atoms with Crippen molar-refractivity contribution >= 4 is 15.7 Å². The molecule has 5 nitrogen and oxygen atoms in total. The number of hydrogen-bond acceptors (Lipinski definition) is 4. The van der Waals surface area contributed by atoms with Crippen molar-refractivity contribution in [3.63, 3.8) is 0 Å². The molecule has 0 unspecified atom stereocenters. The number of nitrogens with one attached hydrogen (secondary N) is 1. The topological polar surface area (TPSA) is 79.2 Å². The number of hydrogen-bond donors (Lipinski definition) is 1. The van der Waals surface area contributed by atoms with Gasteiger partial charge in [0.05, 0.1) is 22.2 Å². The lowest BCUT2D eigenvalue weighted by molar-refractivity contribution is -0.0499. The Labute approximate surface area is 169 Å². The molecule has 0 aliphatic carbocycles. The zero-order valence-electron chi connectivity index (χ0n) is 14.9. The third-order valence-electron chi connectivity index (χ3n) is 3.93. The quantitative estimate of drug-likeness (QED) is 0.557. The summed E-state index contributed by atoms with van der Waals surface area (Å²) in [5, 5.41) is 8.79. The molecule has 3 aromatic carbocycles. The van der Waals surface area contributed by atoms with Crippen LogP contribution in [0.3, 0.4) is 0 Å². The molecule has 0 spiro atoms. The fourth-order valence-corrected chi connectivity index (χ4v) is 3.65. The SMILES string of the molecule is N#Cc1ccc(S(=O)(=O)Nc2cc(-c3cc(F)cc(OC(F)F)c3)ccc2F)cc1. The number of anilines is 1. The molecule has 0 fully saturated rings. The van der Waals surface area contributed by atoms with Crippen molar-refractivity contribution in [1.29, 1.82) is 5.26 Å². The third kappa shape index (κ3) is 4.87. The van der Waals surface area contributed by atoms with Crippen molar-refractivity contribution in [1.82, 2.24) is 0 Å². The predicted octanol–water partition coefficient (Wildman–Crippen LogP) is 4.91. The molecular formula is C20H12F4N2O3S. The van der Waals surface area contributed by atoms with Gasteiger partial charge in [0.2, 0.25) is 0 Å². The van der Waals surface area contributed by atoms with E-state index in [1.165, 1.54) is 30.3 Å². The van der Waals surface area contributed by atoms with Crippen molar-refractivity contribution in [2.45, 2.75) is 11.5 Å². The first kappa shape index (κ1) is 21.1. The van der Waals surface area contributed by atoms with Gasteiger partial charge in [-0.2, -0.15) is 14.0 Å². The molecule has 0 saturated carbocycles. The summed E-state index contributed by atoms with van der Waals surface area (Å²) in [6.07, 6.45) is 0. The zero-order chi connectivity index (χ0) is 21.9. The molecule has 3 rings (SSSR count). The standard InChI is InChI=1S/C20H12F4N2O3S/c21-15-7-14(8-16(10-15)29-20(23)24)13-3-6-18(22)19(9-13)26-30(27,28)17-4-1-12(11-25)2-5-17/h1-10,20,26H. The van der Waals surface area contributed by atoms with Crippen LogP contribution in [0.4, 0.5) is 23.2 Å². The first-order chi connectivity index (χ1) is 14.2. The van der Waals surface area contributed by atoms with Gasteiger partial charge in [-0.25, -0.2) is 17.2 Å². The second-order valence-corrected chi connectivity index (χ2v) is 7.67. The van der Waals surface area contributed by atoms with Gasteiger partial charge in [-0.15, -0.1) is 0 Å². The van der Waals surface area contributed by atoms with E-state index in [1.54, 1.807) is 0 Å². The van der Waals surface area contributed by atoms with Gasteiger partial charge in [0.15, 0.2) is 0 Å². The maximum Gasteiger partial charge on any atom is 0.387 e. The molecule has 30 heavy (non-hydrogen) atoms. The highest BCUT2D eigenvalue weighted by Gasteiger charge is 2.17. The van der Waals surface area contributed by atoms with E-state index in [4.69, 9.17) is 5.26 Å². The monoisotopic (exact) mass is 436 g/mol. The molecule has 1 N–H and O–H groups in total. The predicted molar refractivity (Wildman–Crippen MR) is 100 cm³/mol. The number of nitriles is 1. The molecule has 154 valence electrons. The minimum absolute atomic E-state index is 0.0736. The van der Waals surface area contributed by atoms with E-state index in [9.17, 15) is 26.0 Å². The van der Waals surface area contributed by atoms with Gasteiger partial charge in [0, 0.05) is 6.07 Å². The van der Waals surface area contributed by atoms with E-state index >= 15 is 0 Å². The van der Waals surface area contributed by atoms with E-state index in [0.717, 1.165) is 30.3 Å². The normalized spacial score (nSPS) is 11.2. The summed E-state index contributed by atoms with van der Waals surface area (Å²) >= 11 is 0. The Kier molecular flexibility index (Phi) is 5.94. The summed E-state index contributed by atoms with van der Waals surface area (Å²) in [6.45, 7) is -3.16. The average molecular weight is 436 g/mol. The van der Waals surface area contributed by atoms with Crippen LogP contribution < -0.4 is 9.46 Å². The van der Waals surface area contributed by atoms with Gasteiger partial charge in [0.1, 0.15) is 17.4 Å². The molecule has 0 heterocycles. The number of halogens is 4. The van der Waals surface area contributed by atoms with E-state index in [-0.39, 0.29) is 21.6 Å². The van der Waals surface area contributed by atoms with Crippen LogP contribution in [0.5, 0.6) is 5.75 Å². The summed E-state index contributed by atoms with van der Waals surface area (Å²) in [4.78, 5) is -0.204. The average Bonchev–Trinajstić information content (AvgIpc) is 2.68. The Balaban J connectivity index is 1.96. The molecule has 0 aromatic heterocycles. The highest BCUT2D eigenvalue weighted by Crippen LogP contribution is 2.30. The van der Waals surface area contributed by atoms with Crippen molar-refractivity contribution in [2.24, 2.45) is 0 Å². The van der Waals surface area contributed by atoms with Crippen LogP contribution in [0.2, 0.25) is 0 Å². The molecule has 0 amide bonds. The Hall–Kier alpha value is -3.58. The maximum absolute atomic E-state index is 14.2. The van der Waals surface area contributed by atoms with Crippen LogP contribution in [0.15, 0.2) is 65.6 Å². The van der Waals surface area contributed by atoms with Crippen LogP contribution in [-0.2, 0) is 10.0 Å². The minimum Gasteiger partial charge on any atom is -0.435 e. The summed E-state index contributed by atoms with van der Waals surface area (Å²) in [7, 11) is -4.19. The largest absolute Gasteiger partial charge is 0.435 e. The lowest BCUT2D eigenvalue weighted by Crippen LogP contribution is -2.14. The fraction of sp³-hybridized carbons (Fsp3) is 0.0500. The van der Waals surface area contributed by atoms with Gasteiger partial charge in [-0.1, -0.05) is 6.07 Å². The highest BCUT2D eigenvalue weighted by molar-refractivity contribution is 7.92. The first-order valence-electron chi connectivity index (χ1n) is 8.26. The van der Waals surface area contributed by atoms with Gasteiger partial charge in [-0.05, 0) is 59.7 Å². The number of benzene rings is 3. The Morgan fingerprint density at radius 3 is 2.27 bits per heavy atom. The first-order valence-corrected chi connectivity index (χ1v) is 9.74. The second kappa shape index (κ2) is 8.42. The van der Waals surface area contributed by atoms with Crippen molar-refractivity contribution in [2.75, 3.05) is 4.72 Å². The summed E-state index contributed by atoms with van der Waals surface area (Å²) in [5.41, 5.74) is 0.0458. The minimum atomic E-state index is -4.19. The third-order valence-corrected chi connectivity index (χ3v) is 5.32. The second-order valence-electron chi connectivity index (χ2n) is 5.99. The Morgan fingerprint density at radius 2 is 1.63 bits per heavy atom. The number of ether oxygens (including phenoxy) is 1. The number of alkyl halides is 2. The smallest absolute Gasteiger partial charge is 0.387 e. The summed E-state index contributed by atoms with van der Waals surface area (Å²) < 4.78 is 84.1. The van der Waals surface area contributed by atoms with Gasteiger partial charge >= 0.3 is 6.61 Å². The van der Waals surface area contributed by atoms with Crippen LogP contribution in [-0.4, -0.2) is 15.0 Å². The molecule has 0 atom stereocenters. The Morgan fingerprint density at radius 1 is 0.933 bits per heavy atom. The van der Waals surface area contributed by atoms with E-state index in [1.807, 2.05) is 6.07 Å². The van der Waals surface area contributed by atoms with Crippen LogP contribution in [0.25, 0.3) is 11.1 Å². The molecule has 0 saturated heterocycles. The van der Waals surface area contributed by atoms with Gasteiger partial charge in [-0.3, -0.25) is 4.72 Å². The molecule has 3 aromatic rings. The van der Waals surface area contributed by atoms with E-state index < -0.39 is 39.7 Å². The van der Waals surface area contributed by atoms with Crippen LogP contribution in [0, 0.1) is 23.0 Å². The van der Waals surface area contributed by atoms with Crippen LogP contribution in [0.1, 0.15) is 5.56 Å². The van der Waals surface area contributed by atoms with Gasteiger partial charge < -0.3 is 4.74 Å². The lowest BCUT2D eigenvalue weighted by atomic mass is 10.0. The highest BCUT2D eigenvalue weighted by atomic mass is 32.2. The molecular weight excluding hydrogens is 424 g/mol. The fourth-order valence-electron chi connectivity index (χ4n) is 2.60. The zero-order valence-corrected chi connectivity index (χ0v) is 15.8. The molecule has 0 aliphatic heterocycles. The lowest BCUT2D eigenvalue weighted by Gasteiger charge is -2.12. The van der Waals surface area contributed by atoms with E-state index in [0.29, 0.717) is 0 Å². The maximum atomic E-state index is 14.2. The number of sulfonamides is 1. The van der Waals surface area contributed by atoms with E-state index in [2.05, 4.69) is 9.46 Å². The van der Waals surface area contributed by atoms with Crippen molar-refractivity contribution < 1.29 is 30.7 Å². The van der Waals surface area contributed by atoms with Crippen molar-refractivity contribution in [3.05, 3.63) is 77.9 Å². The molecule has 0 bridgehead atoms. The number of nitrogens with zero attached hydrogens (tertiary/aromatic N) is 1. The van der Waals surface area contributed by atoms with Crippen LogP contribution >= 0.6 is 0 Å². The molecule has 10 heteroatoms. The molecule has 0 radical (unpaired) electrons. The Bertz CT molecular complexity index is 1220. The van der Waals surface area contributed by atoms with Crippen molar-refractivity contribution in [3.8, 4) is 22.9 Å². The molecule has 0 aliphatic rings. The van der Waals surface area contributed by atoms with Gasteiger partial charge in [0.25, 0.3) is 10.0 Å². The summed E-state index contributed by atoms with van der Waals surface area (Å²) in [6, 6.07) is 12.9. The summed E-state index contributed by atoms with van der Waals surface area (Å²) in [5.74, 6) is -2.22. The number of rotatable bonds is 6.